The van der Waals surface area contributed by atoms with Crippen LogP contribution >= 0.6 is 11.8 Å². The number of aromatic hydroxyl groups is 1. The summed E-state index contributed by atoms with van der Waals surface area (Å²) in [6.45, 7) is 1.93. The van der Waals surface area contributed by atoms with Gasteiger partial charge < -0.3 is 5.11 Å². The molecule has 2 aromatic carbocycles. The summed E-state index contributed by atoms with van der Waals surface area (Å²) in [5.41, 5.74) is 5.25. The van der Waals surface area contributed by atoms with Gasteiger partial charge >= 0.3 is 0 Å². The molecule has 0 unspecified atom stereocenters. The van der Waals surface area contributed by atoms with E-state index in [9.17, 15) is 9.90 Å². The lowest BCUT2D eigenvalue weighted by Crippen LogP contribution is -2.19. The monoisotopic (exact) mass is 314 g/mol. The Morgan fingerprint density at radius 1 is 1.27 bits per heavy atom. The number of hydrazone groups is 1. The highest BCUT2D eigenvalue weighted by molar-refractivity contribution is 7.99. The van der Waals surface area contributed by atoms with Gasteiger partial charge in [0.25, 0.3) is 0 Å². The van der Waals surface area contributed by atoms with Crippen LogP contribution in [0.3, 0.4) is 0 Å². The summed E-state index contributed by atoms with van der Waals surface area (Å²) in [7, 11) is 0. The van der Waals surface area contributed by atoms with Crippen LogP contribution in [0, 0.1) is 6.92 Å². The van der Waals surface area contributed by atoms with E-state index >= 15 is 0 Å². The Kier molecular flexibility index (Phi) is 6.03. The highest BCUT2D eigenvalue weighted by Crippen LogP contribution is 2.15. The number of benzene rings is 2. The number of phenolic OH excluding ortho intramolecular Hbond substituents is 1. The van der Waals surface area contributed by atoms with Crippen LogP contribution in [0.25, 0.3) is 0 Å². The van der Waals surface area contributed by atoms with Crippen molar-refractivity contribution in [2.24, 2.45) is 5.10 Å². The average molecular weight is 314 g/mol. The normalized spacial score (nSPS) is 10.8. The van der Waals surface area contributed by atoms with Gasteiger partial charge in [0.2, 0.25) is 5.91 Å². The Balaban J connectivity index is 1.75. The van der Waals surface area contributed by atoms with E-state index in [4.69, 9.17) is 0 Å². The highest BCUT2D eigenvalue weighted by atomic mass is 32.2. The summed E-state index contributed by atoms with van der Waals surface area (Å²) in [6, 6.07) is 15.2. The summed E-state index contributed by atoms with van der Waals surface area (Å²) in [5, 5.41) is 13.5. The zero-order valence-corrected chi connectivity index (χ0v) is 13.1. The molecule has 0 fully saturated rings. The van der Waals surface area contributed by atoms with Crippen LogP contribution in [0.2, 0.25) is 0 Å². The standard InChI is InChI=1S/C17H18N2O2S/c1-13-7-8-16(20)15(9-13)10-18-19-17(21)12-22-11-14-5-3-2-4-6-14/h2-10,20H,11-12H2,1H3,(H,19,21). The van der Waals surface area contributed by atoms with Gasteiger partial charge in [0, 0.05) is 11.3 Å². The lowest BCUT2D eigenvalue weighted by molar-refractivity contribution is -0.118. The minimum atomic E-state index is -0.163. The SMILES string of the molecule is Cc1ccc(O)c(C=NNC(=O)CSCc2ccccc2)c1. The number of aryl methyl sites for hydroxylation is 1. The summed E-state index contributed by atoms with van der Waals surface area (Å²) >= 11 is 1.53. The smallest absolute Gasteiger partial charge is 0.250 e. The molecular weight excluding hydrogens is 296 g/mol. The Bertz CT molecular complexity index is 657. The van der Waals surface area contributed by atoms with Crippen molar-refractivity contribution in [3.05, 3.63) is 65.2 Å². The quantitative estimate of drug-likeness (QED) is 0.636. The topological polar surface area (TPSA) is 61.7 Å². The number of nitrogens with one attached hydrogen (secondary N) is 1. The minimum Gasteiger partial charge on any atom is -0.507 e. The van der Waals surface area contributed by atoms with Crippen molar-refractivity contribution < 1.29 is 9.90 Å². The molecule has 0 spiro atoms. The molecule has 0 bridgehead atoms. The number of hydrogen-bond acceptors (Lipinski definition) is 4. The van der Waals surface area contributed by atoms with E-state index in [0.717, 1.165) is 11.3 Å². The van der Waals surface area contributed by atoms with E-state index in [1.165, 1.54) is 23.5 Å². The molecule has 0 radical (unpaired) electrons. The van der Waals surface area contributed by atoms with E-state index in [-0.39, 0.29) is 11.7 Å². The predicted molar refractivity (Wildman–Crippen MR) is 91.2 cm³/mol. The number of carbonyl (C=O) groups is 1. The number of nitrogens with zero attached hydrogens (tertiary/aromatic N) is 1. The van der Waals surface area contributed by atoms with Gasteiger partial charge in [-0.3, -0.25) is 4.79 Å². The summed E-state index contributed by atoms with van der Waals surface area (Å²) in [4.78, 5) is 11.7. The average Bonchev–Trinajstić information content (AvgIpc) is 2.52. The first kappa shape index (κ1) is 16.1. The minimum absolute atomic E-state index is 0.141. The van der Waals surface area contributed by atoms with Crippen LogP contribution < -0.4 is 5.43 Å². The molecule has 2 rings (SSSR count). The molecule has 0 atom stereocenters. The molecule has 2 aromatic rings. The third-order valence-corrected chi connectivity index (χ3v) is 3.92. The zero-order chi connectivity index (χ0) is 15.8. The van der Waals surface area contributed by atoms with Crippen LogP contribution in [-0.4, -0.2) is 23.0 Å². The second-order valence-corrected chi connectivity index (χ2v) is 5.82. The Labute approximate surface area is 134 Å². The first-order valence-electron chi connectivity index (χ1n) is 6.88. The van der Waals surface area contributed by atoms with E-state index in [1.54, 1.807) is 12.1 Å². The molecule has 0 aliphatic carbocycles. The van der Waals surface area contributed by atoms with Gasteiger partial charge in [0.15, 0.2) is 0 Å². The van der Waals surface area contributed by atoms with Crippen LogP contribution in [0.1, 0.15) is 16.7 Å². The largest absolute Gasteiger partial charge is 0.507 e. The molecule has 0 aliphatic heterocycles. The maximum atomic E-state index is 11.7. The molecule has 5 heteroatoms. The number of rotatable bonds is 6. The van der Waals surface area contributed by atoms with Gasteiger partial charge in [0.05, 0.1) is 12.0 Å². The number of thioether (sulfide) groups is 1. The third kappa shape index (κ3) is 5.26. The van der Waals surface area contributed by atoms with E-state index in [2.05, 4.69) is 10.5 Å². The fraction of sp³-hybridized carbons (Fsp3) is 0.176. The molecule has 114 valence electrons. The molecule has 0 aliphatic rings. The number of amides is 1. The predicted octanol–water partition coefficient (Wildman–Crippen LogP) is 3.08. The van der Waals surface area contributed by atoms with Gasteiger partial charge in [-0.1, -0.05) is 42.0 Å². The molecule has 1 amide bonds. The van der Waals surface area contributed by atoms with Crippen molar-refractivity contribution >= 4 is 23.9 Å². The van der Waals surface area contributed by atoms with Crippen LogP contribution in [0.5, 0.6) is 5.75 Å². The fourth-order valence-corrected chi connectivity index (χ4v) is 2.60. The van der Waals surface area contributed by atoms with Crippen molar-refractivity contribution in [2.75, 3.05) is 5.75 Å². The van der Waals surface area contributed by atoms with Gasteiger partial charge in [-0.2, -0.15) is 5.10 Å². The van der Waals surface area contributed by atoms with Crippen LogP contribution in [0.15, 0.2) is 53.6 Å². The number of carbonyl (C=O) groups excluding carboxylic acids is 1. The molecule has 0 saturated heterocycles. The second kappa shape index (κ2) is 8.24. The summed E-state index contributed by atoms with van der Waals surface area (Å²) in [6.07, 6.45) is 1.45. The zero-order valence-electron chi connectivity index (χ0n) is 12.3. The Morgan fingerprint density at radius 3 is 2.82 bits per heavy atom. The summed E-state index contributed by atoms with van der Waals surface area (Å²) in [5.74, 6) is 1.11. The van der Waals surface area contributed by atoms with Gasteiger partial charge in [-0.15, -0.1) is 11.8 Å². The third-order valence-electron chi connectivity index (χ3n) is 2.92. The van der Waals surface area contributed by atoms with Crippen molar-refractivity contribution in [1.29, 1.82) is 0 Å². The van der Waals surface area contributed by atoms with Crippen molar-refractivity contribution in [3.8, 4) is 5.75 Å². The van der Waals surface area contributed by atoms with Crippen molar-refractivity contribution in [1.82, 2.24) is 5.43 Å². The first-order chi connectivity index (χ1) is 10.6. The molecular formula is C17H18N2O2S. The Morgan fingerprint density at radius 2 is 2.05 bits per heavy atom. The van der Waals surface area contributed by atoms with Crippen molar-refractivity contribution in [2.45, 2.75) is 12.7 Å². The van der Waals surface area contributed by atoms with E-state index in [1.807, 2.05) is 43.3 Å². The van der Waals surface area contributed by atoms with Crippen LogP contribution in [0.4, 0.5) is 0 Å². The molecule has 0 heterocycles. The lowest BCUT2D eigenvalue weighted by atomic mass is 10.1. The number of phenols is 1. The maximum absolute atomic E-state index is 11.7. The first-order valence-corrected chi connectivity index (χ1v) is 8.04. The molecule has 0 aromatic heterocycles. The second-order valence-electron chi connectivity index (χ2n) is 4.83. The van der Waals surface area contributed by atoms with Gasteiger partial charge in [-0.05, 0) is 24.6 Å². The fourth-order valence-electron chi connectivity index (χ4n) is 1.82. The van der Waals surface area contributed by atoms with Crippen molar-refractivity contribution in [3.63, 3.8) is 0 Å². The molecule has 4 nitrogen and oxygen atoms in total. The van der Waals surface area contributed by atoms with Gasteiger partial charge in [-0.25, -0.2) is 5.43 Å². The van der Waals surface area contributed by atoms with E-state index in [0.29, 0.717) is 11.3 Å². The van der Waals surface area contributed by atoms with Gasteiger partial charge in [0.1, 0.15) is 5.75 Å². The molecule has 0 saturated carbocycles. The lowest BCUT2D eigenvalue weighted by Gasteiger charge is -2.02. The molecule has 22 heavy (non-hydrogen) atoms. The van der Waals surface area contributed by atoms with Crippen LogP contribution in [-0.2, 0) is 10.5 Å². The highest BCUT2D eigenvalue weighted by Gasteiger charge is 2.01. The summed E-state index contributed by atoms with van der Waals surface area (Å²) < 4.78 is 0. The van der Waals surface area contributed by atoms with E-state index < -0.39 is 0 Å². The maximum Gasteiger partial charge on any atom is 0.250 e. The Hall–Kier alpha value is -2.27. The number of hydrogen-bond donors (Lipinski definition) is 2. The molecule has 2 N–H and O–H groups in total.